The Balaban J connectivity index is 1.43. The first-order valence-corrected chi connectivity index (χ1v) is 9.91. The summed E-state index contributed by atoms with van der Waals surface area (Å²) in [5.41, 5.74) is 5.52. The lowest BCUT2D eigenvalue weighted by atomic mass is 10.2. The number of aromatic nitrogens is 1. The minimum atomic E-state index is -0.170. The van der Waals surface area contributed by atoms with Crippen LogP contribution in [0.1, 0.15) is 18.9 Å². The standard InChI is InChI=1S/C24H23N3O3/c1-2-30-23-15-17(11-12-22(23)28)16-25-26-24(29)13-14-27-20-9-5-3-7-18(20)19-8-4-6-10-21(19)27/h3-12,15-16,28H,2,13-14H2,1H3,(H,26,29)/b25-16-. The molecular weight excluding hydrogens is 378 g/mol. The van der Waals surface area contributed by atoms with Gasteiger partial charge < -0.3 is 14.4 Å². The van der Waals surface area contributed by atoms with Gasteiger partial charge in [0.25, 0.3) is 0 Å². The second kappa shape index (κ2) is 8.69. The van der Waals surface area contributed by atoms with E-state index in [2.05, 4.69) is 39.4 Å². The number of carbonyl (C=O) groups excluding carboxylic acids is 1. The van der Waals surface area contributed by atoms with Crippen molar-refractivity contribution in [2.45, 2.75) is 19.9 Å². The van der Waals surface area contributed by atoms with E-state index in [0.717, 1.165) is 16.6 Å². The van der Waals surface area contributed by atoms with Gasteiger partial charge in [-0.15, -0.1) is 0 Å². The molecule has 4 rings (SSSR count). The highest BCUT2D eigenvalue weighted by atomic mass is 16.5. The zero-order valence-corrected chi connectivity index (χ0v) is 16.7. The van der Waals surface area contributed by atoms with Gasteiger partial charge in [0, 0.05) is 34.8 Å². The lowest BCUT2D eigenvalue weighted by molar-refractivity contribution is -0.121. The number of aryl methyl sites for hydroxylation is 1. The Morgan fingerprint density at radius 3 is 2.40 bits per heavy atom. The third-order valence-corrected chi connectivity index (χ3v) is 4.93. The van der Waals surface area contributed by atoms with E-state index in [1.807, 2.05) is 31.2 Å². The van der Waals surface area contributed by atoms with Crippen molar-refractivity contribution in [3.63, 3.8) is 0 Å². The highest BCUT2D eigenvalue weighted by Crippen LogP contribution is 2.29. The van der Waals surface area contributed by atoms with Crippen molar-refractivity contribution in [1.29, 1.82) is 0 Å². The summed E-state index contributed by atoms with van der Waals surface area (Å²) in [6.45, 7) is 2.86. The first kappa shape index (κ1) is 19.5. The van der Waals surface area contributed by atoms with Gasteiger partial charge in [0.15, 0.2) is 11.5 Å². The number of amides is 1. The summed E-state index contributed by atoms with van der Waals surface area (Å²) in [7, 11) is 0. The molecule has 1 amide bonds. The molecule has 0 spiro atoms. The summed E-state index contributed by atoms with van der Waals surface area (Å²) in [5.74, 6) is 0.292. The highest BCUT2D eigenvalue weighted by Gasteiger charge is 2.10. The lowest BCUT2D eigenvalue weighted by Gasteiger charge is -2.07. The SMILES string of the molecule is CCOc1cc(/C=N\NC(=O)CCn2c3ccccc3c3ccccc32)ccc1O. The molecule has 0 saturated heterocycles. The number of phenols is 1. The number of para-hydroxylation sites is 2. The zero-order valence-electron chi connectivity index (χ0n) is 16.7. The van der Waals surface area contributed by atoms with Crippen LogP contribution in [0, 0.1) is 0 Å². The number of hydrogen-bond donors (Lipinski definition) is 2. The first-order chi connectivity index (χ1) is 14.7. The van der Waals surface area contributed by atoms with E-state index in [9.17, 15) is 9.90 Å². The van der Waals surface area contributed by atoms with Crippen molar-refractivity contribution < 1.29 is 14.6 Å². The number of nitrogens with one attached hydrogen (secondary N) is 1. The van der Waals surface area contributed by atoms with Gasteiger partial charge in [0.2, 0.25) is 5.91 Å². The first-order valence-electron chi connectivity index (χ1n) is 9.91. The number of benzene rings is 3. The van der Waals surface area contributed by atoms with Crippen LogP contribution < -0.4 is 10.2 Å². The van der Waals surface area contributed by atoms with Gasteiger partial charge in [0.1, 0.15) is 0 Å². The maximum atomic E-state index is 12.3. The Bertz CT molecular complexity index is 1170. The fraction of sp³-hybridized carbons (Fsp3) is 0.167. The third kappa shape index (κ3) is 3.98. The van der Waals surface area contributed by atoms with Gasteiger partial charge >= 0.3 is 0 Å². The molecule has 6 nitrogen and oxygen atoms in total. The minimum Gasteiger partial charge on any atom is -0.504 e. The molecule has 3 aromatic carbocycles. The van der Waals surface area contributed by atoms with E-state index in [0.29, 0.717) is 25.3 Å². The van der Waals surface area contributed by atoms with Crippen molar-refractivity contribution in [2.24, 2.45) is 5.10 Å². The minimum absolute atomic E-state index is 0.0733. The number of ether oxygens (including phenoxy) is 1. The van der Waals surface area contributed by atoms with Crippen LogP contribution >= 0.6 is 0 Å². The molecule has 4 aromatic rings. The Morgan fingerprint density at radius 1 is 1.07 bits per heavy atom. The summed E-state index contributed by atoms with van der Waals surface area (Å²) >= 11 is 0. The van der Waals surface area contributed by atoms with Crippen LogP contribution in [-0.4, -0.2) is 28.4 Å². The number of rotatable bonds is 7. The second-order valence-electron chi connectivity index (χ2n) is 6.89. The number of phenolic OH excluding ortho intramolecular Hbond substituents is 1. The Kier molecular flexibility index (Phi) is 5.66. The maximum absolute atomic E-state index is 12.3. The Labute approximate surface area is 174 Å². The number of hydrazone groups is 1. The van der Waals surface area contributed by atoms with Gasteiger partial charge in [-0.05, 0) is 42.8 Å². The van der Waals surface area contributed by atoms with Crippen molar-refractivity contribution in [1.82, 2.24) is 9.99 Å². The van der Waals surface area contributed by atoms with E-state index >= 15 is 0 Å². The molecule has 0 aliphatic heterocycles. The molecule has 0 bridgehead atoms. The average molecular weight is 401 g/mol. The van der Waals surface area contributed by atoms with E-state index in [4.69, 9.17) is 4.74 Å². The molecule has 0 unspecified atom stereocenters. The van der Waals surface area contributed by atoms with Crippen molar-refractivity contribution >= 4 is 33.9 Å². The van der Waals surface area contributed by atoms with Crippen molar-refractivity contribution in [3.8, 4) is 11.5 Å². The van der Waals surface area contributed by atoms with E-state index in [1.54, 1.807) is 12.1 Å². The van der Waals surface area contributed by atoms with Gasteiger partial charge in [-0.1, -0.05) is 36.4 Å². The lowest BCUT2D eigenvalue weighted by Crippen LogP contribution is -2.19. The maximum Gasteiger partial charge on any atom is 0.241 e. The van der Waals surface area contributed by atoms with Crippen molar-refractivity contribution in [3.05, 3.63) is 72.3 Å². The summed E-state index contributed by atoms with van der Waals surface area (Å²) < 4.78 is 7.52. The third-order valence-electron chi connectivity index (χ3n) is 4.93. The molecule has 0 saturated carbocycles. The predicted octanol–water partition coefficient (Wildman–Crippen LogP) is 4.44. The molecular formula is C24H23N3O3. The van der Waals surface area contributed by atoms with E-state index in [-0.39, 0.29) is 11.7 Å². The van der Waals surface area contributed by atoms with Gasteiger partial charge in [0.05, 0.1) is 12.8 Å². The predicted molar refractivity (Wildman–Crippen MR) is 119 cm³/mol. The van der Waals surface area contributed by atoms with Crippen molar-refractivity contribution in [2.75, 3.05) is 6.61 Å². The molecule has 1 aromatic heterocycles. The van der Waals surface area contributed by atoms with Crippen LogP contribution in [-0.2, 0) is 11.3 Å². The molecule has 0 fully saturated rings. The smallest absolute Gasteiger partial charge is 0.241 e. The molecule has 152 valence electrons. The van der Waals surface area contributed by atoms with Crippen LogP contribution in [0.4, 0.5) is 0 Å². The summed E-state index contributed by atoms with van der Waals surface area (Å²) in [6.07, 6.45) is 1.83. The number of nitrogens with zero attached hydrogens (tertiary/aromatic N) is 2. The topological polar surface area (TPSA) is 75.8 Å². The number of aromatic hydroxyl groups is 1. The van der Waals surface area contributed by atoms with E-state index < -0.39 is 0 Å². The van der Waals surface area contributed by atoms with Crippen LogP contribution in [0.2, 0.25) is 0 Å². The molecule has 6 heteroatoms. The second-order valence-corrected chi connectivity index (χ2v) is 6.89. The van der Waals surface area contributed by atoms with Gasteiger partial charge in [-0.2, -0.15) is 5.10 Å². The number of hydrogen-bond acceptors (Lipinski definition) is 4. The molecule has 0 aliphatic carbocycles. The van der Waals surface area contributed by atoms with Gasteiger partial charge in [-0.3, -0.25) is 4.79 Å². The molecule has 30 heavy (non-hydrogen) atoms. The van der Waals surface area contributed by atoms with Crippen LogP contribution in [0.15, 0.2) is 71.8 Å². The summed E-state index contributed by atoms with van der Waals surface area (Å²) in [6, 6.07) is 21.3. The van der Waals surface area contributed by atoms with Crippen LogP contribution in [0.3, 0.4) is 0 Å². The Hall–Kier alpha value is -3.80. The summed E-state index contributed by atoms with van der Waals surface area (Å²) in [5, 5.41) is 16.1. The Morgan fingerprint density at radius 2 is 1.73 bits per heavy atom. The molecule has 0 atom stereocenters. The van der Waals surface area contributed by atoms with Crippen LogP contribution in [0.5, 0.6) is 11.5 Å². The fourth-order valence-corrected chi connectivity index (χ4v) is 3.57. The quantitative estimate of drug-likeness (QED) is 0.355. The normalized spacial score (nSPS) is 11.4. The fourth-order valence-electron chi connectivity index (χ4n) is 3.57. The monoisotopic (exact) mass is 401 g/mol. The largest absolute Gasteiger partial charge is 0.504 e. The molecule has 0 aliphatic rings. The number of fused-ring (bicyclic) bond motifs is 3. The van der Waals surface area contributed by atoms with Crippen LogP contribution in [0.25, 0.3) is 21.8 Å². The number of carbonyl (C=O) groups is 1. The summed E-state index contributed by atoms with van der Waals surface area (Å²) in [4.78, 5) is 12.3. The molecule has 1 heterocycles. The van der Waals surface area contributed by atoms with E-state index in [1.165, 1.54) is 23.1 Å². The zero-order chi connectivity index (χ0) is 20.9. The molecule has 2 N–H and O–H groups in total. The van der Waals surface area contributed by atoms with Gasteiger partial charge in [-0.25, -0.2) is 5.43 Å². The molecule has 0 radical (unpaired) electrons. The average Bonchev–Trinajstić information content (AvgIpc) is 3.08. The highest BCUT2D eigenvalue weighted by molar-refractivity contribution is 6.08.